The predicted molar refractivity (Wildman–Crippen MR) is 180 cm³/mol. The van der Waals surface area contributed by atoms with Crippen molar-refractivity contribution in [3.8, 4) is 0 Å². The molecule has 264 valence electrons. The molecule has 0 aromatic heterocycles. The van der Waals surface area contributed by atoms with Crippen LogP contribution in [0.2, 0.25) is 0 Å². The first-order valence-corrected chi connectivity index (χ1v) is 18.9. The third-order valence-electron chi connectivity index (χ3n) is 9.15. The molecule has 2 amide bonds. The molecule has 0 saturated carbocycles. The molecule has 1 unspecified atom stereocenters. The Labute approximate surface area is 280 Å². The van der Waals surface area contributed by atoms with E-state index in [0.29, 0.717) is 37.1 Å². The molecule has 2 saturated heterocycles. The van der Waals surface area contributed by atoms with Gasteiger partial charge in [0, 0.05) is 25.4 Å². The summed E-state index contributed by atoms with van der Waals surface area (Å²) in [5, 5.41) is 13.2. The molecule has 0 aliphatic carbocycles. The summed E-state index contributed by atoms with van der Waals surface area (Å²) >= 11 is 0. The Morgan fingerprint density at radius 2 is 1.57 bits per heavy atom. The van der Waals surface area contributed by atoms with Crippen molar-refractivity contribution in [2.24, 2.45) is 0 Å². The van der Waals surface area contributed by atoms with E-state index < -0.39 is 21.4 Å². The lowest BCUT2D eigenvalue weighted by Crippen LogP contribution is -2.56. The number of carbonyl (C=O) groups is 3. The molecule has 3 aliphatic heterocycles. The van der Waals surface area contributed by atoms with Gasteiger partial charge in [-0.2, -0.15) is 0 Å². The van der Waals surface area contributed by atoms with Crippen LogP contribution in [0.3, 0.4) is 0 Å². The van der Waals surface area contributed by atoms with Crippen LogP contribution in [-0.4, -0.2) is 92.1 Å². The van der Waals surface area contributed by atoms with Crippen molar-refractivity contribution in [1.82, 2.24) is 19.8 Å². The van der Waals surface area contributed by atoms with E-state index in [0.717, 1.165) is 57.8 Å². The number of amides is 2. The van der Waals surface area contributed by atoms with Crippen LogP contribution in [0.25, 0.3) is 0 Å². The quantitative estimate of drug-likeness (QED) is 0.0884. The van der Waals surface area contributed by atoms with Crippen molar-refractivity contribution in [2.45, 2.75) is 135 Å². The van der Waals surface area contributed by atoms with Crippen LogP contribution in [0.1, 0.15) is 125 Å². The van der Waals surface area contributed by atoms with Crippen molar-refractivity contribution < 1.29 is 33.2 Å². The number of ether oxygens (including phenoxy) is 2. The molecule has 12 nitrogen and oxygen atoms in total. The lowest BCUT2D eigenvalue weighted by atomic mass is 10.0. The number of ketones is 1. The van der Waals surface area contributed by atoms with E-state index in [9.17, 15) is 23.7 Å². The van der Waals surface area contributed by atoms with Crippen molar-refractivity contribution in [2.75, 3.05) is 25.6 Å². The zero-order valence-electron chi connectivity index (χ0n) is 28.6. The average Bonchev–Trinajstić information content (AvgIpc) is 3.39. The van der Waals surface area contributed by atoms with Crippen LogP contribution in [0.15, 0.2) is 24.3 Å². The van der Waals surface area contributed by atoms with Crippen LogP contribution in [0, 0.1) is 4.78 Å². The van der Waals surface area contributed by atoms with Crippen LogP contribution >= 0.6 is 0 Å². The number of unbranched alkanes of at least 4 members (excludes halogenated alkanes) is 8. The summed E-state index contributed by atoms with van der Waals surface area (Å²) in [5.74, 6) is -0.358. The summed E-state index contributed by atoms with van der Waals surface area (Å²) in [5.41, 5.74) is -0.706. The van der Waals surface area contributed by atoms with Crippen LogP contribution in [0.5, 0.6) is 0 Å². The number of hydrogen-bond acceptors (Lipinski definition) is 10. The second-order valence-electron chi connectivity index (χ2n) is 14.1. The number of Topliss-reactive ketones (excluding diaryl/α,β-unsaturated/α-hetero) is 1. The summed E-state index contributed by atoms with van der Waals surface area (Å²) in [7, 11) is -3.17. The molecular formula is C34H55N5O7S. The largest absolute Gasteiger partial charge is 0.376 e. The summed E-state index contributed by atoms with van der Waals surface area (Å²) in [4.78, 5) is 40.6. The maximum absolute atomic E-state index is 12.9. The second kappa shape index (κ2) is 16.4. The van der Waals surface area contributed by atoms with Crippen molar-refractivity contribution in [1.29, 1.82) is 4.78 Å². The molecule has 47 heavy (non-hydrogen) atoms. The van der Waals surface area contributed by atoms with E-state index in [4.69, 9.17) is 14.3 Å². The lowest BCUT2D eigenvalue weighted by molar-refractivity contribution is -0.118. The zero-order valence-corrected chi connectivity index (χ0v) is 29.4. The molecule has 0 bridgehead atoms. The van der Waals surface area contributed by atoms with E-state index in [2.05, 4.69) is 10.0 Å². The number of carbonyl (C=O) groups excluding carboxylic acids is 3. The maximum atomic E-state index is 12.9. The minimum Gasteiger partial charge on any atom is -0.376 e. The van der Waals surface area contributed by atoms with E-state index >= 15 is 0 Å². The summed E-state index contributed by atoms with van der Waals surface area (Å²) in [6, 6.07) is 6.93. The molecule has 4 atom stereocenters. The third kappa shape index (κ3) is 10.9. The highest BCUT2D eigenvalue weighted by Gasteiger charge is 2.51. The van der Waals surface area contributed by atoms with Crippen molar-refractivity contribution in [3.05, 3.63) is 35.4 Å². The number of benzene rings is 1. The molecule has 4 N–H and O–H groups in total. The van der Waals surface area contributed by atoms with Gasteiger partial charge in [-0.15, -0.1) is 0 Å². The van der Waals surface area contributed by atoms with Gasteiger partial charge in [-0.1, -0.05) is 57.1 Å². The molecular weight excluding hydrogens is 622 g/mol. The van der Waals surface area contributed by atoms with Gasteiger partial charge in [-0.25, -0.2) is 18.6 Å². The molecule has 1 aromatic carbocycles. The SMILES string of the molecule is CC(C)(O)N[C@@H]1CO[C@@H]2[C@H](C1)OC(C)(C)N2CNS(=N)(=O)CCC(=O)CCCCCCCCCCCN1C(=O)c2ccccc2C1=O. The Morgan fingerprint density at radius 3 is 2.17 bits per heavy atom. The number of rotatable bonds is 20. The van der Waals surface area contributed by atoms with Gasteiger partial charge in [-0.05, 0) is 59.1 Å². The van der Waals surface area contributed by atoms with Gasteiger partial charge in [-0.3, -0.25) is 24.6 Å². The Hall–Kier alpha value is -2.26. The molecule has 1 aromatic rings. The molecule has 0 radical (unpaired) electrons. The first kappa shape index (κ1) is 37.6. The average molecular weight is 678 g/mol. The fraction of sp³-hybridized carbons (Fsp3) is 0.735. The molecule has 3 aliphatic rings. The highest BCUT2D eigenvalue weighted by Crippen LogP contribution is 2.37. The van der Waals surface area contributed by atoms with E-state index in [1.807, 2.05) is 18.7 Å². The van der Waals surface area contributed by atoms with Crippen molar-refractivity contribution in [3.63, 3.8) is 0 Å². The number of nitrogens with zero attached hydrogens (tertiary/aromatic N) is 2. The van der Waals surface area contributed by atoms with Gasteiger partial charge in [0.2, 0.25) is 0 Å². The van der Waals surface area contributed by atoms with Crippen LogP contribution in [-0.2, 0) is 24.2 Å². The molecule has 2 fully saturated rings. The maximum Gasteiger partial charge on any atom is 0.261 e. The highest BCUT2D eigenvalue weighted by molar-refractivity contribution is 7.90. The number of fused-ring (bicyclic) bond motifs is 2. The van der Waals surface area contributed by atoms with Gasteiger partial charge in [0.1, 0.15) is 39.5 Å². The third-order valence-corrected chi connectivity index (χ3v) is 10.5. The van der Waals surface area contributed by atoms with Gasteiger partial charge in [0.15, 0.2) is 0 Å². The van der Waals surface area contributed by atoms with Crippen LogP contribution < -0.4 is 10.0 Å². The smallest absolute Gasteiger partial charge is 0.261 e. The van der Waals surface area contributed by atoms with Gasteiger partial charge in [0.05, 0.1) is 30.2 Å². The first-order valence-electron chi connectivity index (χ1n) is 17.2. The lowest BCUT2D eigenvalue weighted by Gasteiger charge is -2.37. The summed E-state index contributed by atoms with van der Waals surface area (Å²) < 4.78 is 36.4. The Kier molecular flexibility index (Phi) is 13.1. The number of imide groups is 1. The Bertz CT molecular complexity index is 1310. The zero-order chi connectivity index (χ0) is 34.2. The molecule has 4 rings (SSSR count). The topological polar surface area (TPSA) is 161 Å². The first-order chi connectivity index (χ1) is 22.2. The van der Waals surface area contributed by atoms with Gasteiger partial charge >= 0.3 is 0 Å². The molecule has 13 heteroatoms. The van der Waals surface area contributed by atoms with Crippen LogP contribution in [0.4, 0.5) is 0 Å². The predicted octanol–water partition coefficient (Wildman–Crippen LogP) is 4.52. The van der Waals surface area contributed by atoms with Gasteiger partial charge in [0.25, 0.3) is 11.8 Å². The fourth-order valence-corrected chi connectivity index (χ4v) is 7.72. The second-order valence-corrected chi connectivity index (χ2v) is 16.2. The minimum atomic E-state index is -3.17. The summed E-state index contributed by atoms with van der Waals surface area (Å²) in [6.45, 7) is 8.20. The fourth-order valence-electron chi connectivity index (χ4n) is 6.71. The van der Waals surface area contributed by atoms with Gasteiger partial charge < -0.3 is 14.6 Å². The normalized spacial score (nSPS) is 23.9. The van der Waals surface area contributed by atoms with E-state index in [-0.39, 0.29) is 54.8 Å². The summed E-state index contributed by atoms with van der Waals surface area (Å²) in [6.07, 6.45) is 9.67. The number of nitrogens with one attached hydrogen (secondary N) is 3. The molecule has 0 spiro atoms. The van der Waals surface area contributed by atoms with E-state index in [1.165, 1.54) is 4.90 Å². The Morgan fingerprint density at radius 1 is 1.00 bits per heavy atom. The van der Waals surface area contributed by atoms with E-state index in [1.54, 1.807) is 38.1 Å². The van der Waals surface area contributed by atoms with Crippen molar-refractivity contribution >= 4 is 27.5 Å². The number of aliphatic hydroxyl groups is 1. The Balaban J connectivity index is 1.01. The molecule has 3 heterocycles. The number of hydrogen-bond donors (Lipinski definition) is 4. The highest BCUT2D eigenvalue weighted by atomic mass is 32.2. The monoisotopic (exact) mass is 677 g/mol. The minimum absolute atomic E-state index is 0.0273. The standard InChI is InChI=1S/C34H55N5O7S/c1-33(2,43)37-25-22-29-32(45-23-25)39(34(3,4)46-29)24-36-47(35,44)21-19-26(40)16-12-10-8-6-5-7-9-11-15-20-38-30(41)27-17-13-14-18-28(27)31(38)42/h13-14,17-18,25,29,32,37,43H,5-12,15-16,19-24H2,1-4H3,(H2,35,36,44)/t25-,29-,32+,47?/m0/s1.